The van der Waals surface area contributed by atoms with Crippen molar-refractivity contribution in [1.29, 1.82) is 0 Å². The van der Waals surface area contributed by atoms with Crippen LogP contribution in [-0.2, 0) is 9.53 Å². The van der Waals surface area contributed by atoms with Crippen molar-refractivity contribution in [3.63, 3.8) is 0 Å². The van der Waals surface area contributed by atoms with Crippen LogP contribution in [0.1, 0.15) is 13.3 Å². The number of carbonyl (C=O) groups excluding carboxylic acids is 1. The largest absolute Gasteiger partial charge is 0.361 e. The van der Waals surface area contributed by atoms with E-state index in [1.807, 2.05) is 0 Å². The van der Waals surface area contributed by atoms with E-state index >= 15 is 0 Å². The second kappa shape index (κ2) is 3.27. The standard InChI is InChI=1S/C9H16N2O2/c1-2-3-11-6-9(7-11)5-10-8(12)4-13-9/h2-7H2,1H3,(H,10,12). The molecule has 2 aliphatic heterocycles. The lowest BCUT2D eigenvalue weighted by Gasteiger charge is -2.51. The molecule has 2 aliphatic rings. The van der Waals surface area contributed by atoms with Gasteiger partial charge in [0.25, 0.3) is 0 Å². The Bertz CT molecular complexity index is 200. The van der Waals surface area contributed by atoms with Crippen LogP contribution in [0.3, 0.4) is 0 Å². The number of amides is 1. The molecule has 1 spiro atoms. The number of nitrogens with zero attached hydrogens (tertiary/aromatic N) is 1. The summed E-state index contributed by atoms with van der Waals surface area (Å²) in [7, 11) is 0. The van der Waals surface area contributed by atoms with Gasteiger partial charge in [-0.25, -0.2) is 0 Å². The number of hydrogen-bond acceptors (Lipinski definition) is 3. The van der Waals surface area contributed by atoms with Crippen LogP contribution in [0.4, 0.5) is 0 Å². The quantitative estimate of drug-likeness (QED) is 0.634. The van der Waals surface area contributed by atoms with Gasteiger partial charge < -0.3 is 10.1 Å². The highest BCUT2D eigenvalue weighted by molar-refractivity contribution is 5.78. The molecule has 0 aromatic heterocycles. The highest BCUT2D eigenvalue weighted by atomic mass is 16.5. The highest BCUT2D eigenvalue weighted by Gasteiger charge is 2.45. The molecule has 13 heavy (non-hydrogen) atoms. The Morgan fingerprint density at radius 3 is 2.92 bits per heavy atom. The van der Waals surface area contributed by atoms with Gasteiger partial charge in [-0.1, -0.05) is 6.92 Å². The lowest BCUT2D eigenvalue weighted by molar-refractivity contribution is -0.172. The van der Waals surface area contributed by atoms with E-state index in [-0.39, 0.29) is 18.1 Å². The summed E-state index contributed by atoms with van der Waals surface area (Å²) < 4.78 is 5.54. The average molecular weight is 184 g/mol. The molecule has 0 radical (unpaired) electrons. The molecule has 4 nitrogen and oxygen atoms in total. The smallest absolute Gasteiger partial charge is 0.246 e. The summed E-state index contributed by atoms with van der Waals surface area (Å²) >= 11 is 0. The van der Waals surface area contributed by atoms with Crippen LogP contribution in [-0.4, -0.2) is 49.2 Å². The van der Waals surface area contributed by atoms with E-state index in [4.69, 9.17) is 4.74 Å². The number of hydrogen-bond donors (Lipinski definition) is 1. The summed E-state index contributed by atoms with van der Waals surface area (Å²) in [5.74, 6) is 0.0135. The molecule has 2 fully saturated rings. The van der Waals surface area contributed by atoms with Crippen LogP contribution in [0.2, 0.25) is 0 Å². The molecule has 2 saturated heterocycles. The molecule has 0 aromatic carbocycles. The summed E-state index contributed by atoms with van der Waals surface area (Å²) in [5, 5.41) is 2.85. The highest BCUT2D eigenvalue weighted by Crippen LogP contribution is 2.26. The molecule has 1 N–H and O–H groups in total. The van der Waals surface area contributed by atoms with Gasteiger partial charge >= 0.3 is 0 Å². The van der Waals surface area contributed by atoms with E-state index in [0.717, 1.165) is 19.6 Å². The fourth-order valence-electron chi connectivity index (χ4n) is 2.03. The van der Waals surface area contributed by atoms with Crippen LogP contribution in [0.15, 0.2) is 0 Å². The van der Waals surface area contributed by atoms with Gasteiger partial charge in [0.2, 0.25) is 5.91 Å². The predicted octanol–water partition coefficient (Wildman–Crippen LogP) is -0.403. The number of likely N-dealkylation sites (tertiary alicyclic amines) is 1. The van der Waals surface area contributed by atoms with Gasteiger partial charge in [0.1, 0.15) is 12.2 Å². The van der Waals surface area contributed by atoms with Gasteiger partial charge in [-0.3, -0.25) is 9.69 Å². The SMILES string of the molecule is CCCN1CC2(CNC(=O)CO2)C1. The lowest BCUT2D eigenvalue weighted by Crippen LogP contribution is -2.70. The van der Waals surface area contributed by atoms with Crippen molar-refractivity contribution in [2.75, 3.05) is 32.8 Å². The van der Waals surface area contributed by atoms with Crippen molar-refractivity contribution in [3.8, 4) is 0 Å². The summed E-state index contributed by atoms with van der Waals surface area (Å²) in [6, 6.07) is 0. The third-order valence-electron chi connectivity index (χ3n) is 2.68. The third kappa shape index (κ3) is 1.69. The molecule has 4 heteroatoms. The van der Waals surface area contributed by atoms with Gasteiger partial charge in [0.05, 0.1) is 0 Å². The Balaban J connectivity index is 1.79. The second-order valence-electron chi connectivity index (χ2n) is 3.96. The predicted molar refractivity (Wildman–Crippen MR) is 48.4 cm³/mol. The summed E-state index contributed by atoms with van der Waals surface area (Å²) in [4.78, 5) is 13.2. The third-order valence-corrected chi connectivity index (χ3v) is 2.68. The summed E-state index contributed by atoms with van der Waals surface area (Å²) in [6.45, 7) is 6.18. The van der Waals surface area contributed by atoms with Crippen molar-refractivity contribution >= 4 is 5.91 Å². The minimum Gasteiger partial charge on any atom is -0.361 e. The first kappa shape index (κ1) is 8.97. The Labute approximate surface area is 78.2 Å². The van der Waals surface area contributed by atoms with Gasteiger partial charge in [0.15, 0.2) is 0 Å². The van der Waals surface area contributed by atoms with Crippen LogP contribution < -0.4 is 5.32 Å². The molecule has 74 valence electrons. The second-order valence-corrected chi connectivity index (χ2v) is 3.96. The molecular weight excluding hydrogens is 168 g/mol. The summed E-state index contributed by atoms with van der Waals surface area (Å²) in [5.41, 5.74) is -0.0525. The Morgan fingerprint density at radius 2 is 2.38 bits per heavy atom. The van der Waals surface area contributed by atoms with Gasteiger partial charge in [0, 0.05) is 19.6 Å². The van der Waals surface area contributed by atoms with Crippen LogP contribution in [0, 0.1) is 0 Å². The maximum absolute atomic E-state index is 10.8. The number of nitrogens with one attached hydrogen (secondary N) is 1. The van der Waals surface area contributed by atoms with Crippen molar-refractivity contribution in [2.45, 2.75) is 18.9 Å². The zero-order valence-electron chi connectivity index (χ0n) is 8.01. The topological polar surface area (TPSA) is 41.6 Å². The van der Waals surface area contributed by atoms with Crippen LogP contribution >= 0.6 is 0 Å². The molecule has 0 atom stereocenters. The van der Waals surface area contributed by atoms with Crippen molar-refractivity contribution in [1.82, 2.24) is 10.2 Å². The monoisotopic (exact) mass is 184 g/mol. The maximum atomic E-state index is 10.8. The fraction of sp³-hybridized carbons (Fsp3) is 0.889. The molecule has 1 amide bonds. The zero-order valence-corrected chi connectivity index (χ0v) is 8.01. The molecule has 0 aromatic rings. The molecule has 0 aliphatic carbocycles. The molecule has 0 bridgehead atoms. The van der Waals surface area contributed by atoms with E-state index in [0.29, 0.717) is 6.54 Å². The lowest BCUT2D eigenvalue weighted by atomic mass is 9.92. The van der Waals surface area contributed by atoms with E-state index in [9.17, 15) is 4.79 Å². The van der Waals surface area contributed by atoms with Gasteiger partial charge in [-0.05, 0) is 13.0 Å². The Morgan fingerprint density at radius 1 is 1.62 bits per heavy atom. The molecule has 2 rings (SSSR count). The van der Waals surface area contributed by atoms with E-state index in [1.54, 1.807) is 0 Å². The average Bonchev–Trinajstić information content (AvgIpc) is 2.07. The zero-order chi connectivity index (χ0) is 9.31. The molecule has 2 heterocycles. The normalized spacial score (nSPS) is 27.0. The first-order valence-corrected chi connectivity index (χ1v) is 4.87. The van der Waals surface area contributed by atoms with Crippen LogP contribution in [0.25, 0.3) is 0 Å². The number of carbonyl (C=O) groups is 1. The van der Waals surface area contributed by atoms with Crippen molar-refractivity contribution < 1.29 is 9.53 Å². The minimum atomic E-state index is -0.0525. The van der Waals surface area contributed by atoms with E-state index < -0.39 is 0 Å². The first-order valence-electron chi connectivity index (χ1n) is 4.87. The minimum absolute atomic E-state index is 0.0135. The van der Waals surface area contributed by atoms with E-state index in [2.05, 4.69) is 17.1 Å². The summed E-state index contributed by atoms with van der Waals surface area (Å²) in [6.07, 6.45) is 1.18. The number of morpholine rings is 1. The molecular formula is C9H16N2O2. The first-order chi connectivity index (χ1) is 6.24. The van der Waals surface area contributed by atoms with Gasteiger partial charge in [-0.2, -0.15) is 0 Å². The van der Waals surface area contributed by atoms with Crippen molar-refractivity contribution in [2.24, 2.45) is 0 Å². The van der Waals surface area contributed by atoms with Gasteiger partial charge in [-0.15, -0.1) is 0 Å². The Kier molecular flexibility index (Phi) is 2.26. The number of ether oxygens (including phenoxy) is 1. The fourth-order valence-corrected chi connectivity index (χ4v) is 2.03. The van der Waals surface area contributed by atoms with Crippen molar-refractivity contribution in [3.05, 3.63) is 0 Å². The maximum Gasteiger partial charge on any atom is 0.246 e. The van der Waals surface area contributed by atoms with E-state index in [1.165, 1.54) is 6.42 Å². The Hall–Kier alpha value is -0.610. The van der Waals surface area contributed by atoms with Crippen LogP contribution in [0.5, 0.6) is 0 Å². The molecule has 0 saturated carbocycles. The molecule has 0 unspecified atom stereocenters. The number of rotatable bonds is 2.